The van der Waals surface area contributed by atoms with Crippen LogP contribution in [0.1, 0.15) is 37.7 Å². The van der Waals surface area contributed by atoms with E-state index >= 15 is 0 Å². The highest BCUT2D eigenvalue weighted by atomic mass is 16.5. The van der Waals surface area contributed by atoms with Crippen molar-refractivity contribution < 1.29 is 14.3 Å². The lowest BCUT2D eigenvalue weighted by atomic mass is 9.86. The summed E-state index contributed by atoms with van der Waals surface area (Å²) in [4.78, 5) is 12.2. The van der Waals surface area contributed by atoms with E-state index in [2.05, 4.69) is 5.32 Å². The highest BCUT2D eigenvalue weighted by molar-refractivity contribution is 5.76. The number of nitrogens with one attached hydrogen (secondary N) is 1. The Hall–Kier alpha value is -1.71. The molecule has 2 aliphatic carbocycles. The van der Waals surface area contributed by atoms with E-state index in [1.54, 1.807) is 14.2 Å². The minimum atomic E-state index is 0.173. The molecule has 2 saturated carbocycles. The second-order valence-electron chi connectivity index (χ2n) is 6.61. The average molecular weight is 303 g/mol. The molecule has 0 aromatic heterocycles. The maximum Gasteiger partial charge on any atom is 0.220 e. The molecule has 2 aliphatic rings. The lowest BCUT2D eigenvalue weighted by molar-refractivity contribution is -0.122. The van der Waals surface area contributed by atoms with Gasteiger partial charge >= 0.3 is 0 Å². The van der Waals surface area contributed by atoms with Gasteiger partial charge in [0.25, 0.3) is 0 Å². The molecule has 3 rings (SSSR count). The fourth-order valence-corrected chi connectivity index (χ4v) is 4.13. The molecule has 3 atom stereocenters. The van der Waals surface area contributed by atoms with Crippen LogP contribution >= 0.6 is 0 Å². The number of carbonyl (C=O) groups excluding carboxylic acids is 1. The number of fused-ring (bicyclic) bond motifs is 2. The maximum atomic E-state index is 12.2. The molecule has 1 aromatic carbocycles. The number of benzene rings is 1. The van der Waals surface area contributed by atoms with Crippen molar-refractivity contribution in [1.29, 1.82) is 0 Å². The molecule has 2 fully saturated rings. The Labute approximate surface area is 132 Å². The van der Waals surface area contributed by atoms with Crippen LogP contribution in [-0.4, -0.2) is 20.1 Å². The van der Waals surface area contributed by atoms with Crippen molar-refractivity contribution in [3.8, 4) is 11.5 Å². The molecule has 1 N–H and O–H groups in total. The van der Waals surface area contributed by atoms with Gasteiger partial charge in [-0.2, -0.15) is 0 Å². The lowest BCUT2D eigenvalue weighted by Crippen LogP contribution is -2.26. The monoisotopic (exact) mass is 303 g/mol. The fourth-order valence-electron chi connectivity index (χ4n) is 4.13. The van der Waals surface area contributed by atoms with E-state index in [-0.39, 0.29) is 5.91 Å². The van der Waals surface area contributed by atoms with Crippen LogP contribution < -0.4 is 14.8 Å². The minimum absolute atomic E-state index is 0.173. The van der Waals surface area contributed by atoms with Gasteiger partial charge in [-0.15, -0.1) is 0 Å². The van der Waals surface area contributed by atoms with Gasteiger partial charge in [-0.3, -0.25) is 4.79 Å². The molecule has 0 aliphatic heterocycles. The molecule has 4 nitrogen and oxygen atoms in total. The van der Waals surface area contributed by atoms with E-state index in [1.807, 2.05) is 18.2 Å². The smallest absolute Gasteiger partial charge is 0.220 e. The summed E-state index contributed by atoms with van der Waals surface area (Å²) in [6.07, 6.45) is 6.02. The third kappa shape index (κ3) is 3.21. The fraction of sp³-hybridized carbons (Fsp3) is 0.611. The molecule has 2 bridgehead atoms. The number of rotatable bonds is 6. The van der Waals surface area contributed by atoms with Crippen molar-refractivity contribution in [2.24, 2.45) is 17.8 Å². The van der Waals surface area contributed by atoms with E-state index in [1.165, 1.54) is 25.7 Å². The second kappa shape index (κ2) is 6.59. The van der Waals surface area contributed by atoms with Gasteiger partial charge in [0.2, 0.25) is 5.91 Å². The van der Waals surface area contributed by atoms with Crippen molar-refractivity contribution in [3.63, 3.8) is 0 Å². The lowest BCUT2D eigenvalue weighted by Gasteiger charge is -2.21. The molecular formula is C18H25NO3. The quantitative estimate of drug-likeness (QED) is 0.878. The Morgan fingerprint density at radius 3 is 2.64 bits per heavy atom. The van der Waals surface area contributed by atoms with Crippen LogP contribution in [0.25, 0.3) is 0 Å². The van der Waals surface area contributed by atoms with Crippen LogP contribution in [0, 0.1) is 17.8 Å². The van der Waals surface area contributed by atoms with Gasteiger partial charge in [0.05, 0.1) is 14.2 Å². The Morgan fingerprint density at radius 2 is 2.00 bits per heavy atom. The van der Waals surface area contributed by atoms with Crippen molar-refractivity contribution >= 4 is 5.91 Å². The molecule has 120 valence electrons. The zero-order chi connectivity index (χ0) is 15.5. The predicted octanol–water partition coefficient (Wildman–Crippen LogP) is 3.15. The number of hydrogen-bond donors (Lipinski definition) is 1. The summed E-state index contributed by atoms with van der Waals surface area (Å²) >= 11 is 0. The number of methoxy groups -OCH3 is 2. The molecule has 4 heteroatoms. The number of hydrogen-bond acceptors (Lipinski definition) is 3. The Balaban J connectivity index is 1.50. The number of amides is 1. The van der Waals surface area contributed by atoms with E-state index in [4.69, 9.17) is 9.47 Å². The molecule has 0 unspecified atom stereocenters. The third-order valence-electron chi connectivity index (χ3n) is 5.27. The Bertz CT molecular complexity index is 543. The molecule has 0 saturated heterocycles. The van der Waals surface area contributed by atoms with E-state index in [0.717, 1.165) is 17.4 Å². The zero-order valence-electron chi connectivity index (χ0n) is 13.4. The highest BCUT2D eigenvalue weighted by Gasteiger charge is 2.39. The average Bonchev–Trinajstić information content (AvgIpc) is 3.15. The predicted molar refractivity (Wildman–Crippen MR) is 84.9 cm³/mol. The van der Waals surface area contributed by atoms with Crippen LogP contribution in [-0.2, 0) is 11.3 Å². The molecule has 0 heterocycles. The first kappa shape index (κ1) is 15.2. The minimum Gasteiger partial charge on any atom is -0.493 e. The van der Waals surface area contributed by atoms with Gasteiger partial charge in [0, 0.05) is 13.0 Å². The highest BCUT2D eigenvalue weighted by Crippen LogP contribution is 2.49. The summed E-state index contributed by atoms with van der Waals surface area (Å²) in [6.45, 7) is 0.542. The molecule has 0 radical (unpaired) electrons. The van der Waals surface area contributed by atoms with Gasteiger partial charge in [0.1, 0.15) is 0 Å². The first-order valence-corrected chi connectivity index (χ1v) is 8.17. The standard InChI is InChI=1S/C18H25NO3/c1-21-16-6-4-13(9-17(16)22-2)11-19-18(20)10-15-8-12-3-5-14(15)7-12/h4,6,9,12,14-15H,3,5,7-8,10-11H2,1-2H3,(H,19,20)/t12-,14-,15+/m1/s1. The maximum absolute atomic E-state index is 12.2. The number of ether oxygens (including phenoxy) is 2. The van der Waals surface area contributed by atoms with Crippen molar-refractivity contribution in [1.82, 2.24) is 5.32 Å². The van der Waals surface area contributed by atoms with Crippen molar-refractivity contribution in [2.75, 3.05) is 14.2 Å². The SMILES string of the molecule is COc1ccc(CNC(=O)C[C@@H]2C[C@@H]3CC[C@@H]2C3)cc1OC. The molecular weight excluding hydrogens is 278 g/mol. The van der Waals surface area contributed by atoms with Crippen molar-refractivity contribution in [2.45, 2.75) is 38.6 Å². The summed E-state index contributed by atoms with van der Waals surface area (Å²) < 4.78 is 10.5. The second-order valence-corrected chi connectivity index (χ2v) is 6.61. The third-order valence-corrected chi connectivity index (χ3v) is 5.27. The van der Waals surface area contributed by atoms with Crippen LogP contribution in [0.5, 0.6) is 11.5 Å². The van der Waals surface area contributed by atoms with Gasteiger partial charge in [-0.05, 0) is 54.7 Å². The Kier molecular flexibility index (Phi) is 4.55. The van der Waals surface area contributed by atoms with E-state index in [9.17, 15) is 4.79 Å². The summed E-state index contributed by atoms with van der Waals surface area (Å²) in [5.74, 6) is 3.89. The first-order chi connectivity index (χ1) is 10.7. The summed E-state index contributed by atoms with van der Waals surface area (Å²) in [5, 5.41) is 3.04. The zero-order valence-corrected chi connectivity index (χ0v) is 13.4. The van der Waals surface area contributed by atoms with Gasteiger partial charge in [-0.1, -0.05) is 12.5 Å². The molecule has 22 heavy (non-hydrogen) atoms. The van der Waals surface area contributed by atoms with Gasteiger partial charge in [-0.25, -0.2) is 0 Å². The molecule has 1 amide bonds. The van der Waals surface area contributed by atoms with Gasteiger partial charge < -0.3 is 14.8 Å². The molecule has 1 aromatic rings. The van der Waals surface area contributed by atoms with E-state index in [0.29, 0.717) is 30.4 Å². The van der Waals surface area contributed by atoms with Crippen LogP contribution in [0.2, 0.25) is 0 Å². The first-order valence-electron chi connectivity index (χ1n) is 8.17. The normalized spacial score (nSPS) is 26.0. The van der Waals surface area contributed by atoms with Gasteiger partial charge in [0.15, 0.2) is 11.5 Å². The van der Waals surface area contributed by atoms with E-state index < -0.39 is 0 Å². The summed E-state index contributed by atoms with van der Waals surface area (Å²) in [7, 11) is 3.24. The Morgan fingerprint density at radius 1 is 1.18 bits per heavy atom. The van der Waals surface area contributed by atoms with Crippen molar-refractivity contribution in [3.05, 3.63) is 23.8 Å². The molecule has 0 spiro atoms. The largest absolute Gasteiger partial charge is 0.493 e. The van der Waals surface area contributed by atoms with Crippen LogP contribution in [0.3, 0.4) is 0 Å². The number of carbonyl (C=O) groups is 1. The van der Waals surface area contributed by atoms with Crippen LogP contribution in [0.15, 0.2) is 18.2 Å². The van der Waals surface area contributed by atoms with Crippen LogP contribution in [0.4, 0.5) is 0 Å². The summed E-state index contributed by atoms with van der Waals surface area (Å²) in [6, 6.07) is 5.74. The summed E-state index contributed by atoms with van der Waals surface area (Å²) in [5.41, 5.74) is 1.03. The topological polar surface area (TPSA) is 47.6 Å².